The number of amides is 1. The van der Waals surface area contributed by atoms with Crippen molar-refractivity contribution in [3.63, 3.8) is 0 Å². The molecule has 2 atom stereocenters. The average Bonchev–Trinajstić information content (AvgIpc) is 3.10. The molecule has 1 aliphatic heterocycles. The highest BCUT2D eigenvalue weighted by Gasteiger charge is 2.24. The second-order valence-electron chi connectivity index (χ2n) is 7.54. The summed E-state index contributed by atoms with van der Waals surface area (Å²) in [7, 11) is 0. The fourth-order valence-corrected chi connectivity index (χ4v) is 3.63. The van der Waals surface area contributed by atoms with Crippen LogP contribution in [-0.2, 0) is 6.61 Å². The molecule has 3 aromatic rings. The molecule has 1 saturated heterocycles. The zero-order valence-electron chi connectivity index (χ0n) is 16.3. The van der Waals surface area contributed by atoms with Gasteiger partial charge >= 0.3 is 0 Å². The van der Waals surface area contributed by atoms with Crippen molar-refractivity contribution >= 4 is 11.6 Å². The number of carbonyl (C=O) groups is 1. The number of piperidine rings is 1. The number of carbonyl (C=O) groups excluding carboxylic acids is 1. The Hall–Kier alpha value is -2.86. The first-order valence-electron chi connectivity index (χ1n) is 9.78. The second-order valence-corrected chi connectivity index (χ2v) is 7.54. The number of nitrogens with one attached hydrogen (secondary N) is 2. The molecule has 4 rings (SSSR count). The molecule has 1 aliphatic rings. The van der Waals surface area contributed by atoms with Crippen LogP contribution in [0, 0.1) is 12.8 Å². The third-order valence-electron chi connectivity index (χ3n) is 5.26. The average molecular weight is 378 g/mol. The molecule has 2 aromatic heterocycles. The number of aryl methyl sites for hydroxylation is 1. The van der Waals surface area contributed by atoms with Crippen LogP contribution in [0.15, 0.2) is 48.8 Å². The minimum atomic E-state index is -0.0834. The van der Waals surface area contributed by atoms with Crippen LogP contribution < -0.4 is 15.4 Å². The zero-order valence-corrected chi connectivity index (χ0v) is 16.3. The number of fused-ring (bicyclic) bond motifs is 1. The maximum Gasteiger partial charge on any atom is 0.255 e. The van der Waals surface area contributed by atoms with Gasteiger partial charge in [0, 0.05) is 18.4 Å². The largest absolute Gasteiger partial charge is 0.486 e. The number of aromatic nitrogens is 2. The van der Waals surface area contributed by atoms with Crippen LogP contribution in [0.25, 0.3) is 5.65 Å². The standard InChI is InChI=1S/C22H26N4O2/c1-15-7-8-21-24-17(13-26(21)12-15)14-28-20-6-4-3-5-18(20)22(27)25-19-9-10-23-11-16(19)2/h3-8,12-13,16,19,23H,9-11,14H2,1-2H3,(H,25,27). The lowest BCUT2D eigenvalue weighted by atomic mass is 9.95. The number of ether oxygens (including phenoxy) is 1. The van der Waals surface area contributed by atoms with Crippen molar-refractivity contribution < 1.29 is 9.53 Å². The van der Waals surface area contributed by atoms with E-state index in [2.05, 4.69) is 22.5 Å². The van der Waals surface area contributed by atoms with E-state index in [9.17, 15) is 4.79 Å². The van der Waals surface area contributed by atoms with E-state index >= 15 is 0 Å². The lowest BCUT2D eigenvalue weighted by Crippen LogP contribution is -2.48. The molecule has 3 heterocycles. The predicted octanol–water partition coefficient (Wildman–Crippen LogP) is 2.95. The number of pyridine rings is 1. The zero-order chi connectivity index (χ0) is 19.5. The monoisotopic (exact) mass is 378 g/mol. The predicted molar refractivity (Wildman–Crippen MR) is 109 cm³/mol. The van der Waals surface area contributed by atoms with E-state index in [0.29, 0.717) is 23.8 Å². The maximum absolute atomic E-state index is 12.8. The van der Waals surface area contributed by atoms with E-state index in [-0.39, 0.29) is 11.9 Å². The lowest BCUT2D eigenvalue weighted by Gasteiger charge is -2.30. The molecule has 0 bridgehead atoms. The van der Waals surface area contributed by atoms with Gasteiger partial charge in [-0.05, 0) is 56.1 Å². The molecule has 1 fully saturated rings. The van der Waals surface area contributed by atoms with Crippen molar-refractivity contribution in [3.05, 3.63) is 65.6 Å². The van der Waals surface area contributed by atoms with E-state index in [4.69, 9.17) is 4.74 Å². The van der Waals surface area contributed by atoms with Gasteiger partial charge in [0.1, 0.15) is 18.0 Å². The van der Waals surface area contributed by atoms with Gasteiger partial charge in [0.05, 0.1) is 11.3 Å². The van der Waals surface area contributed by atoms with Gasteiger partial charge in [-0.25, -0.2) is 4.98 Å². The third-order valence-corrected chi connectivity index (χ3v) is 5.26. The first-order chi connectivity index (χ1) is 13.6. The summed E-state index contributed by atoms with van der Waals surface area (Å²) < 4.78 is 7.96. The number of imidazole rings is 1. The van der Waals surface area contributed by atoms with E-state index in [0.717, 1.165) is 30.9 Å². The Morgan fingerprint density at radius 2 is 2.14 bits per heavy atom. The Balaban J connectivity index is 1.46. The van der Waals surface area contributed by atoms with Crippen molar-refractivity contribution in [3.8, 4) is 5.75 Å². The van der Waals surface area contributed by atoms with Crippen LogP contribution >= 0.6 is 0 Å². The van der Waals surface area contributed by atoms with Crippen LogP contribution in [0.3, 0.4) is 0 Å². The molecule has 28 heavy (non-hydrogen) atoms. The Kier molecular flexibility index (Phi) is 5.30. The molecule has 6 nitrogen and oxygen atoms in total. The summed E-state index contributed by atoms with van der Waals surface area (Å²) in [5.74, 6) is 0.905. The molecule has 0 saturated carbocycles. The van der Waals surface area contributed by atoms with E-state index < -0.39 is 0 Å². The van der Waals surface area contributed by atoms with Gasteiger partial charge in [-0.1, -0.05) is 25.1 Å². The van der Waals surface area contributed by atoms with Gasteiger partial charge in [-0.15, -0.1) is 0 Å². The highest BCUT2D eigenvalue weighted by molar-refractivity contribution is 5.97. The first-order valence-corrected chi connectivity index (χ1v) is 9.78. The summed E-state index contributed by atoms with van der Waals surface area (Å²) in [4.78, 5) is 17.4. The van der Waals surface area contributed by atoms with Crippen molar-refractivity contribution in [1.82, 2.24) is 20.0 Å². The van der Waals surface area contributed by atoms with Gasteiger partial charge in [-0.2, -0.15) is 0 Å². The molecule has 0 radical (unpaired) electrons. The molecule has 1 amide bonds. The van der Waals surface area contributed by atoms with Crippen LogP contribution in [0.1, 0.15) is 35.0 Å². The van der Waals surface area contributed by atoms with E-state index in [1.165, 1.54) is 5.56 Å². The van der Waals surface area contributed by atoms with Gasteiger partial charge in [0.15, 0.2) is 0 Å². The summed E-state index contributed by atoms with van der Waals surface area (Å²) in [6.45, 7) is 6.38. The molecule has 2 unspecified atom stereocenters. The minimum Gasteiger partial charge on any atom is -0.486 e. The molecule has 0 spiro atoms. The van der Waals surface area contributed by atoms with Gasteiger partial charge in [0.25, 0.3) is 5.91 Å². The normalized spacial score (nSPS) is 19.5. The number of benzene rings is 1. The Morgan fingerprint density at radius 3 is 3.00 bits per heavy atom. The van der Waals surface area contributed by atoms with Crippen LogP contribution in [-0.4, -0.2) is 34.4 Å². The highest BCUT2D eigenvalue weighted by Crippen LogP contribution is 2.21. The summed E-state index contributed by atoms with van der Waals surface area (Å²) in [6, 6.07) is 11.6. The smallest absolute Gasteiger partial charge is 0.255 e. The van der Waals surface area contributed by atoms with Crippen LogP contribution in [0.4, 0.5) is 0 Å². The molecular formula is C22H26N4O2. The van der Waals surface area contributed by atoms with Crippen molar-refractivity contribution in [2.45, 2.75) is 32.9 Å². The molecule has 1 aromatic carbocycles. The fourth-order valence-electron chi connectivity index (χ4n) is 3.63. The van der Waals surface area contributed by atoms with E-state index in [1.807, 2.05) is 60.1 Å². The molecule has 0 aliphatic carbocycles. The molecule has 6 heteroatoms. The minimum absolute atomic E-state index is 0.0834. The number of nitrogens with zero attached hydrogens (tertiary/aromatic N) is 2. The fraction of sp³-hybridized carbons (Fsp3) is 0.364. The lowest BCUT2D eigenvalue weighted by molar-refractivity contribution is 0.0909. The van der Waals surface area contributed by atoms with Crippen LogP contribution in [0.2, 0.25) is 0 Å². The quantitative estimate of drug-likeness (QED) is 0.716. The number of hydrogen-bond acceptors (Lipinski definition) is 4. The number of para-hydroxylation sites is 1. The Labute approximate surface area is 164 Å². The van der Waals surface area contributed by atoms with Gasteiger partial charge < -0.3 is 19.8 Å². The van der Waals surface area contributed by atoms with Crippen molar-refractivity contribution in [1.29, 1.82) is 0 Å². The van der Waals surface area contributed by atoms with E-state index in [1.54, 1.807) is 0 Å². The summed E-state index contributed by atoms with van der Waals surface area (Å²) in [5, 5.41) is 6.53. The van der Waals surface area contributed by atoms with Crippen LogP contribution in [0.5, 0.6) is 5.75 Å². The summed E-state index contributed by atoms with van der Waals surface area (Å²) >= 11 is 0. The second kappa shape index (κ2) is 8.02. The van der Waals surface area contributed by atoms with Gasteiger partial charge in [-0.3, -0.25) is 4.79 Å². The number of rotatable bonds is 5. The summed E-state index contributed by atoms with van der Waals surface area (Å²) in [6.07, 6.45) is 4.94. The Morgan fingerprint density at radius 1 is 1.29 bits per heavy atom. The van der Waals surface area contributed by atoms with Crippen molar-refractivity contribution in [2.75, 3.05) is 13.1 Å². The van der Waals surface area contributed by atoms with Crippen molar-refractivity contribution in [2.24, 2.45) is 5.92 Å². The topological polar surface area (TPSA) is 67.7 Å². The molecule has 2 N–H and O–H groups in total. The van der Waals surface area contributed by atoms with Gasteiger partial charge in [0.2, 0.25) is 0 Å². The highest BCUT2D eigenvalue weighted by atomic mass is 16.5. The SMILES string of the molecule is Cc1ccc2nc(COc3ccccc3C(=O)NC3CCNCC3C)cn2c1. The molecule has 146 valence electrons. The Bertz CT molecular complexity index is 982. The third kappa shape index (κ3) is 4.02. The molecular weight excluding hydrogens is 352 g/mol. The first kappa shape index (κ1) is 18.5. The maximum atomic E-state index is 12.8. The summed E-state index contributed by atoms with van der Waals surface area (Å²) in [5.41, 5.74) is 3.45. The number of hydrogen-bond donors (Lipinski definition) is 2.